The van der Waals surface area contributed by atoms with Crippen molar-refractivity contribution in [2.45, 2.75) is 51.2 Å². The van der Waals surface area contributed by atoms with Gasteiger partial charge >= 0.3 is 6.09 Å². The van der Waals surface area contributed by atoms with Gasteiger partial charge in [0.2, 0.25) is 0 Å². The van der Waals surface area contributed by atoms with E-state index in [0.717, 1.165) is 32.4 Å². The first kappa shape index (κ1) is 13.0. The zero-order valence-corrected chi connectivity index (χ0v) is 12.1. The highest BCUT2D eigenvalue weighted by atomic mass is 16.6. The Morgan fingerprint density at radius 3 is 2.89 bits per heavy atom. The second-order valence-electron chi connectivity index (χ2n) is 6.80. The fourth-order valence-electron chi connectivity index (χ4n) is 3.53. The van der Waals surface area contributed by atoms with Crippen molar-refractivity contribution in [2.75, 3.05) is 19.8 Å². The summed E-state index contributed by atoms with van der Waals surface area (Å²) < 4.78 is 11.0. The summed E-state index contributed by atoms with van der Waals surface area (Å²) >= 11 is 0. The lowest BCUT2D eigenvalue weighted by molar-refractivity contribution is 0.0194. The molecule has 19 heavy (non-hydrogen) atoms. The number of nitrogens with zero attached hydrogens (tertiary/aromatic N) is 1. The van der Waals surface area contributed by atoms with Crippen molar-refractivity contribution in [1.29, 1.82) is 0 Å². The summed E-state index contributed by atoms with van der Waals surface area (Å²) in [6, 6.07) is 0. The lowest BCUT2D eigenvalue weighted by Gasteiger charge is -2.33. The predicted octanol–water partition coefficient (Wildman–Crippen LogP) is 2.73. The fourth-order valence-corrected chi connectivity index (χ4v) is 3.53. The summed E-state index contributed by atoms with van der Waals surface area (Å²) in [6.45, 7) is 8.06. The summed E-state index contributed by atoms with van der Waals surface area (Å²) in [5, 5.41) is 0. The van der Waals surface area contributed by atoms with Crippen LogP contribution in [0.15, 0.2) is 11.6 Å². The molecular weight excluding hydrogens is 242 g/mol. The van der Waals surface area contributed by atoms with Crippen molar-refractivity contribution < 1.29 is 14.3 Å². The van der Waals surface area contributed by atoms with Crippen LogP contribution in [0.25, 0.3) is 0 Å². The molecule has 0 N–H and O–H groups in total. The van der Waals surface area contributed by atoms with Gasteiger partial charge in [0.25, 0.3) is 0 Å². The third-order valence-electron chi connectivity index (χ3n) is 4.39. The minimum Gasteiger partial charge on any atom is -0.444 e. The second kappa shape index (κ2) is 4.23. The number of carbonyl (C=O) groups is 1. The lowest BCUT2D eigenvalue weighted by atomic mass is 9.98. The molecule has 2 aliphatic heterocycles. The van der Waals surface area contributed by atoms with Gasteiger partial charge in [-0.3, -0.25) is 4.90 Å². The molecule has 0 spiro atoms. The first-order valence-corrected chi connectivity index (χ1v) is 7.21. The first-order chi connectivity index (χ1) is 8.93. The molecule has 0 aromatic rings. The zero-order valence-electron chi connectivity index (χ0n) is 12.1. The maximum Gasteiger partial charge on any atom is 0.411 e. The van der Waals surface area contributed by atoms with Gasteiger partial charge in [-0.15, -0.1) is 0 Å². The fraction of sp³-hybridized carbons (Fsp3) is 0.800. The standard InChI is InChI=1S/C15H23NO3/c1-14(2,3)19-13(17)16-7-4-12-10-15(12,16)11-5-8-18-9-6-11/h5,12H,4,6-10H2,1-3H3/t12-,15-/m0/s1. The van der Waals surface area contributed by atoms with E-state index in [4.69, 9.17) is 9.47 Å². The topological polar surface area (TPSA) is 38.8 Å². The van der Waals surface area contributed by atoms with Crippen LogP contribution in [0.1, 0.15) is 40.0 Å². The number of fused-ring (bicyclic) bond motifs is 1. The summed E-state index contributed by atoms with van der Waals surface area (Å²) in [5.41, 5.74) is 0.952. The van der Waals surface area contributed by atoms with Crippen LogP contribution in [0.5, 0.6) is 0 Å². The van der Waals surface area contributed by atoms with Crippen LogP contribution in [0, 0.1) is 5.92 Å². The molecule has 2 heterocycles. The molecule has 0 unspecified atom stereocenters. The van der Waals surface area contributed by atoms with Crippen LogP contribution in [0.2, 0.25) is 0 Å². The van der Waals surface area contributed by atoms with E-state index in [0.29, 0.717) is 12.5 Å². The van der Waals surface area contributed by atoms with Crippen LogP contribution in [0.3, 0.4) is 0 Å². The highest BCUT2D eigenvalue weighted by Gasteiger charge is 2.65. The van der Waals surface area contributed by atoms with Crippen molar-refractivity contribution in [3.8, 4) is 0 Å². The molecule has 1 aliphatic carbocycles. The Hall–Kier alpha value is -1.03. The van der Waals surface area contributed by atoms with E-state index in [1.165, 1.54) is 5.57 Å². The molecular formula is C15H23NO3. The number of hydrogen-bond donors (Lipinski definition) is 0. The monoisotopic (exact) mass is 265 g/mol. The number of amides is 1. The maximum atomic E-state index is 12.4. The number of rotatable bonds is 1. The van der Waals surface area contributed by atoms with Gasteiger partial charge in [-0.05, 0) is 51.5 Å². The Morgan fingerprint density at radius 2 is 2.32 bits per heavy atom. The van der Waals surface area contributed by atoms with E-state index in [2.05, 4.69) is 6.08 Å². The van der Waals surface area contributed by atoms with Gasteiger partial charge in [-0.1, -0.05) is 6.08 Å². The quantitative estimate of drug-likeness (QED) is 0.684. The van der Waals surface area contributed by atoms with E-state index in [9.17, 15) is 4.79 Å². The molecule has 0 aromatic carbocycles. The van der Waals surface area contributed by atoms with E-state index in [-0.39, 0.29) is 11.6 Å². The number of piperidine rings is 1. The average molecular weight is 265 g/mol. The van der Waals surface area contributed by atoms with E-state index in [1.54, 1.807) is 0 Å². The molecule has 3 rings (SSSR count). The van der Waals surface area contributed by atoms with Crippen LogP contribution < -0.4 is 0 Å². The van der Waals surface area contributed by atoms with Crippen molar-refractivity contribution in [3.63, 3.8) is 0 Å². The molecule has 106 valence electrons. The molecule has 2 atom stereocenters. The van der Waals surface area contributed by atoms with Gasteiger partial charge in [-0.2, -0.15) is 0 Å². The molecule has 1 saturated carbocycles. The van der Waals surface area contributed by atoms with Gasteiger partial charge in [0.15, 0.2) is 0 Å². The van der Waals surface area contributed by atoms with E-state index in [1.807, 2.05) is 25.7 Å². The SMILES string of the molecule is CC(C)(C)OC(=O)N1CC[C@H]2C[C@]21C1=CCOCC1. The molecule has 2 fully saturated rings. The minimum absolute atomic E-state index is 0.0217. The van der Waals surface area contributed by atoms with E-state index < -0.39 is 5.60 Å². The highest BCUT2D eigenvalue weighted by molar-refractivity contribution is 5.72. The lowest BCUT2D eigenvalue weighted by Crippen LogP contribution is -2.44. The van der Waals surface area contributed by atoms with Gasteiger partial charge in [0, 0.05) is 6.54 Å². The molecule has 3 aliphatic rings. The Labute approximate surface area is 114 Å². The number of carbonyl (C=O) groups excluding carboxylic acids is 1. The molecule has 0 radical (unpaired) electrons. The Balaban J connectivity index is 1.79. The van der Waals surface area contributed by atoms with Gasteiger partial charge in [0.05, 0.1) is 18.8 Å². The summed E-state index contributed by atoms with van der Waals surface area (Å²) in [7, 11) is 0. The van der Waals surface area contributed by atoms with Crippen LogP contribution in [0.4, 0.5) is 4.79 Å². The predicted molar refractivity (Wildman–Crippen MR) is 71.9 cm³/mol. The zero-order chi connectivity index (χ0) is 13.7. The summed E-state index contributed by atoms with van der Waals surface area (Å²) in [6.07, 6.45) is 5.19. The van der Waals surface area contributed by atoms with Crippen molar-refractivity contribution in [1.82, 2.24) is 4.90 Å². The minimum atomic E-state index is -0.421. The summed E-state index contributed by atoms with van der Waals surface area (Å²) in [4.78, 5) is 14.4. The highest BCUT2D eigenvalue weighted by Crippen LogP contribution is 2.60. The maximum absolute atomic E-state index is 12.4. The van der Waals surface area contributed by atoms with Crippen LogP contribution in [-0.4, -0.2) is 41.9 Å². The van der Waals surface area contributed by atoms with Gasteiger partial charge < -0.3 is 9.47 Å². The molecule has 1 saturated heterocycles. The largest absolute Gasteiger partial charge is 0.444 e. The van der Waals surface area contributed by atoms with Crippen LogP contribution in [-0.2, 0) is 9.47 Å². The van der Waals surface area contributed by atoms with Gasteiger partial charge in [-0.25, -0.2) is 4.79 Å². The first-order valence-electron chi connectivity index (χ1n) is 7.21. The van der Waals surface area contributed by atoms with Crippen molar-refractivity contribution in [3.05, 3.63) is 11.6 Å². The summed E-state index contributed by atoms with van der Waals surface area (Å²) in [5.74, 6) is 0.643. The third-order valence-corrected chi connectivity index (χ3v) is 4.39. The number of likely N-dealkylation sites (tertiary alicyclic amines) is 1. The number of ether oxygens (including phenoxy) is 2. The third kappa shape index (κ3) is 2.16. The number of hydrogen-bond acceptors (Lipinski definition) is 3. The molecule has 4 nitrogen and oxygen atoms in total. The van der Waals surface area contributed by atoms with Crippen molar-refractivity contribution in [2.24, 2.45) is 5.92 Å². The normalized spacial score (nSPS) is 33.7. The van der Waals surface area contributed by atoms with Crippen molar-refractivity contribution >= 4 is 6.09 Å². The molecule has 0 bridgehead atoms. The van der Waals surface area contributed by atoms with Gasteiger partial charge in [0.1, 0.15) is 5.60 Å². The second-order valence-corrected chi connectivity index (χ2v) is 6.80. The Bertz CT molecular complexity index is 424. The van der Waals surface area contributed by atoms with Crippen LogP contribution >= 0.6 is 0 Å². The average Bonchev–Trinajstić information content (AvgIpc) is 2.95. The Kier molecular flexibility index (Phi) is 2.89. The Morgan fingerprint density at radius 1 is 1.53 bits per heavy atom. The molecule has 1 amide bonds. The smallest absolute Gasteiger partial charge is 0.411 e. The molecule has 4 heteroatoms. The molecule has 0 aromatic heterocycles. The van der Waals surface area contributed by atoms with E-state index >= 15 is 0 Å².